The van der Waals surface area contributed by atoms with Crippen molar-refractivity contribution in [1.29, 1.82) is 0 Å². The Balaban J connectivity index is 1.57. The monoisotopic (exact) mass is 432 g/mol. The quantitative estimate of drug-likeness (QED) is 0.704. The fourth-order valence-corrected chi connectivity index (χ4v) is 5.65. The standard InChI is InChI=1S/C23H27F3N4O/c1-30-10-2-3-16(12-30)27-22-20-14-6-4-13(5-7-14)19(20)21(28-29-22)17-9-8-15(11-18(17)31)23(24,25)26/h8-9,11,13-14,16,31H,2-7,10,12H2,1H3,(H,27,29)/t13?,14?,16-/m1/s1. The number of nitrogens with one attached hydrogen (secondary N) is 1. The number of phenols is 1. The van der Waals surface area contributed by atoms with Crippen molar-refractivity contribution in [2.45, 2.75) is 62.6 Å². The molecule has 31 heavy (non-hydrogen) atoms. The minimum atomic E-state index is -4.50. The van der Waals surface area contributed by atoms with E-state index >= 15 is 0 Å². The molecular weight excluding hydrogens is 405 g/mol. The summed E-state index contributed by atoms with van der Waals surface area (Å²) >= 11 is 0. The molecule has 3 aliphatic carbocycles. The average Bonchev–Trinajstić information content (AvgIpc) is 2.74. The van der Waals surface area contributed by atoms with Gasteiger partial charge in [-0.15, -0.1) is 10.2 Å². The molecule has 1 saturated carbocycles. The second-order valence-corrected chi connectivity index (χ2v) is 9.25. The molecule has 1 saturated heterocycles. The maximum Gasteiger partial charge on any atom is 0.416 e. The van der Waals surface area contributed by atoms with Crippen molar-refractivity contribution in [3.63, 3.8) is 0 Å². The molecule has 0 amide bonds. The number of fused-ring (bicyclic) bond motifs is 2. The number of hydrogen-bond donors (Lipinski definition) is 2. The highest BCUT2D eigenvalue weighted by molar-refractivity contribution is 5.74. The summed E-state index contributed by atoms with van der Waals surface area (Å²) in [5.41, 5.74) is 2.23. The van der Waals surface area contributed by atoms with E-state index in [1.807, 2.05) is 0 Å². The third-order valence-corrected chi connectivity index (χ3v) is 7.14. The second kappa shape index (κ2) is 7.65. The number of piperidine rings is 1. The van der Waals surface area contributed by atoms with Crippen LogP contribution >= 0.6 is 0 Å². The van der Waals surface area contributed by atoms with E-state index < -0.39 is 17.5 Å². The van der Waals surface area contributed by atoms with E-state index in [1.165, 1.54) is 11.6 Å². The van der Waals surface area contributed by atoms with Crippen molar-refractivity contribution in [3.8, 4) is 17.0 Å². The minimum absolute atomic E-state index is 0.307. The third kappa shape index (κ3) is 3.75. The van der Waals surface area contributed by atoms with E-state index in [-0.39, 0.29) is 0 Å². The Morgan fingerprint density at radius 1 is 1.03 bits per heavy atom. The molecule has 2 fully saturated rings. The number of aromatic nitrogens is 2. The number of hydrogen-bond acceptors (Lipinski definition) is 5. The number of alkyl halides is 3. The zero-order chi connectivity index (χ0) is 21.8. The lowest BCUT2D eigenvalue weighted by molar-refractivity contribution is -0.137. The van der Waals surface area contributed by atoms with Gasteiger partial charge in [0.15, 0.2) is 5.82 Å². The van der Waals surface area contributed by atoms with Crippen LogP contribution in [0.1, 0.15) is 67.1 Å². The van der Waals surface area contributed by atoms with Gasteiger partial charge < -0.3 is 15.3 Å². The topological polar surface area (TPSA) is 61.3 Å². The molecule has 2 aromatic rings. The summed E-state index contributed by atoms with van der Waals surface area (Å²) in [6.07, 6.45) is 2.00. The number of nitrogens with zero attached hydrogens (tertiary/aromatic N) is 3. The van der Waals surface area contributed by atoms with E-state index in [0.29, 0.717) is 29.1 Å². The Kier molecular flexibility index (Phi) is 5.07. The van der Waals surface area contributed by atoms with Crippen molar-refractivity contribution in [1.82, 2.24) is 15.1 Å². The third-order valence-electron chi connectivity index (χ3n) is 7.14. The van der Waals surface area contributed by atoms with Crippen molar-refractivity contribution in [2.24, 2.45) is 0 Å². The molecule has 5 nitrogen and oxygen atoms in total. The summed E-state index contributed by atoms with van der Waals surface area (Å²) in [6, 6.07) is 3.43. The number of likely N-dealkylation sites (N-methyl/N-ethyl adjacent to an activating group) is 1. The zero-order valence-corrected chi connectivity index (χ0v) is 17.5. The lowest BCUT2D eigenvalue weighted by atomic mass is 9.66. The van der Waals surface area contributed by atoms with Gasteiger partial charge in [-0.1, -0.05) is 0 Å². The second-order valence-electron chi connectivity index (χ2n) is 9.25. The summed E-state index contributed by atoms with van der Waals surface area (Å²) in [5.74, 6) is 1.11. The van der Waals surface area contributed by atoms with Crippen LogP contribution in [0.5, 0.6) is 5.75 Å². The molecule has 2 bridgehead atoms. The van der Waals surface area contributed by atoms with Gasteiger partial charge in [-0.05, 0) is 87.7 Å². The zero-order valence-electron chi connectivity index (χ0n) is 17.5. The van der Waals surface area contributed by atoms with Gasteiger partial charge in [0, 0.05) is 23.7 Å². The summed E-state index contributed by atoms with van der Waals surface area (Å²) in [7, 11) is 2.12. The van der Waals surface area contributed by atoms with Crippen molar-refractivity contribution < 1.29 is 18.3 Å². The predicted molar refractivity (Wildman–Crippen MR) is 112 cm³/mol. The molecule has 2 N–H and O–H groups in total. The molecule has 6 rings (SSSR count). The van der Waals surface area contributed by atoms with E-state index in [2.05, 4.69) is 27.5 Å². The molecule has 1 aliphatic heterocycles. The Bertz CT molecular complexity index is 986. The highest BCUT2D eigenvalue weighted by atomic mass is 19.4. The molecule has 4 aliphatic rings. The molecule has 0 radical (unpaired) electrons. The lowest BCUT2D eigenvalue weighted by Crippen LogP contribution is -2.40. The van der Waals surface area contributed by atoms with Crippen LogP contribution in [0.15, 0.2) is 18.2 Å². The van der Waals surface area contributed by atoms with Crippen molar-refractivity contribution in [2.75, 3.05) is 25.5 Å². The first kappa shape index (κ1) is 20.5. The van der Waals surface area contributed by atoms with Crippen LogP contribution in [-0.2, 0) is 6.18 Å². The summed E-state index contributed by atoms with van der Waals surface area (Å²) in [6.45, 7) is 2.05. The highest BCUT2D eigenvalue weighted by Gasteiger charge is 2.39. The molecular formula is C23H27F3N4O. The fourth-order valence-electron chi connectivity index (χ4n) is 5.65. The summed E-state index contributed by atoms with van der Waals surface area (Å²) in [4.78, 5) is 2.31. The lowest BCUT2D eigenvalue weighted by Gasteiger charge is -2.40. The fraction of sp³-hybridized carbons (Fsp3) is 0.565. The molecule has 8 heteroatoms. The van der Waals surface area contributed by atoms with Crippen LogP contribution in [0.4, 0.5) is 19.0 Å². The molecule has 2 heterocycles. The van der Waals surface area contributed by atoms with Crippen molar-refractivity contribution in [3.05, 3.63) is 34.9 Å². The van der Waals surface area contributed by atoms with Gasteiger partial charge in [-0.3, -0.25) is 0 Å². The summed E-state index contributed by atoms with van der Waals surface area (Å²) in [5, 5.41) is 23.0. The predicted octanol–water partition coefficient (Wildman–Crippen LogP) is 5.13. The largest absolute Gasteiger partial charge is 0.507 e. The average molecular weight is 432 g/mol. The van der Waals surface area contributed by atoms with Gasteiger partial charge in [-0.25, -0.2) is 0 Å². The first-order valence-corrected chi connectivity index (χ1v) is 11.1. The van der Waals surface area contributed by atoms with Crippen molar-refractivity contribution >= 4 is 5.82 Å². The number of benzene rings is 1. The van der Waals surface area contributed by atoms with Gasteiger partial charge in [0.2, 0.25) is 0 Å². The van der Waals surface area contributed by atoms with Crippen LogP contribution in [-0.4, -0.2) is 46.4 Å². The highest BCUT2D eigenvalue weighted by Crippen LogP contribution is 2.54. The molecule has 1 aromatic heterocycles. The Labute approximate surface area is 179 Å². The number of phenolic OH excluding ortho intramolecular Hbond substituents is 1. The van der Waals surface area contributed by atoms with Crippen LogP contribution in [0.2, 0.25) is 0 Å². The van der Waals surface area contributed by atoms with Crippen LogP contribution in [0, 0.1) is 0 Å². The van der Waals surface area contributed by atoms with Gasteiger partial charge in [0.05, 0.1) is 5.56 Å². The number of aromatic hydroxyl groups is 1. The van der Waals surface area contributed by atoms with Gasteiger partial charge in [0.1, 0.15) is 11.4 Å². The van der Waals surface area contributed by atoms with Crippen LogP contribution in [0.3, 0.4) is 0 Å². The molecule has 1 atom stereocenters. The van der Waals surface area contributed by atoms with Gasteiger partial charge in [-0.2, -0.15) is 13.2 Å². The molecule has 1 aromatic carbocycles. The summed E-state index contributed by atoms with van der Waals surface area (Å²) < 4.78 is 39.2. The Morgan fingerprint density at radius 3 is 2.39 bits per heavy atom. The van der Waals surface area contributed by atoms with Crippen LogP contribution < -0.4 is 5.32 Å². The van der Waals surface area contributed by atoms with E-state index in [1.54, 1.807) is 0 Å². The number of halogens is 3. The maximum absolute atomic E-state index is 13.1. The van der Waals surface area contributed by atoms with E-state index in [0.717, 1.165) is 75.1 Å². The molecule has 0 unspecified atom stereocenters. The minimum Gasteiger partial charge on any atom is -0.507 e. The number of likely N-dealkylation sites (tertiary alicyclic amines) is 1. The van der Waals surface area contributed by atoms with Crippen LogP contribution in [0.25, 0.3) is 11.3 Å². The smallest absolute Gasteiger partial charge is 0.416 e. The van der Waals surface area contributed by atoms with E-state index in [9.17, 15) is 18.3 Å². The maximum atomic E-state index is 13.1. The van der Waals surface area contributed by atoms with Gasteiger partial charge in [0.25, 0.3) is 0 Å². The van der Waals surface area contributed by atoms with E-state index in [4.69, 9.17) is 0 Å². The molecule has 0 spiro atoms. The number of rotatable bonds is 3. The molecule has 166 valence electrons. The Hall–Kier alpha value is -2.35. The Morgan fingerprint density at radius 2 is 1.74 bits per heavy atom. The SMILES string of the molecule is CN1CCC[C@@H](Nc2nnc(-c3ccc(C(F)(F)F)cc3O)c3c2C2CCC3CC2)C1. The first-order chi connectivity index (χ1) is 14.8. The first-order valence-electron chi connectivity index (χ1n) is 11.1. The van der Waals surface area contributed by atoms with Gasteiger partial charge >= 0.3 is 6.18 Å². The number of anilines is 1. The normalized spacial score (nSPS) is 26.0.